The molecule has 3 heterocycles. The van der Waals surface area contributed by atoms with Crippen LogP contribution < -0.4 is 4.74 Å². The average Bonchev–Trinajstić information content (AvgIpc) is 3.33. The number of carbonyl (C=O) groups is 1. The third-order valence-corrected chi connectivity index (χ3v) is 4.91. The van der Waals surface area contributed by atoms with E-state index in [2.05, 4.69) is 15.3 Å². The zero-order valence-corrected chi connectivity index (χ0v) is 15.7. The molecule has 7 nitrogen and oxygen atoms in total. The predicted molar refractivity (Wildman–Crippen MR) is 102 cm³/mol. The molecule has 1 aromatic carbocycles. The Hall–Kier alpha value is -2.80. The Bertz CT molecular complexity index is 926. The first-order chi connectivity index (χ1) is 13.1. The Balaban J connectivity index is 1.34. The molecule has 1 amide bonds. The minimum atomic E-state index is -0.0393. The van der Waals surface area contributed by atoms with Gasteiger partial charge in [0, 0.05) is 49.8 Å². The molecule has 0 spiro atoms. The molecule has 0 aliphatic carbocycles. The molecule has 1 N–H and O–H groups in total. The second-order valence-corrected chi connectivity index (χ2v) is 7.07. The van der Waals surface area contributed by atoms with Crippen LogP contribution in [0, 0.1) is 0 Å². The fourth-order valence-corrected chi connectivity index (χ4v) is 3.31. The molecule has 0 unspecified atom stereocenters. The third-order valence-electron chi connectivity index (χ3n) is 4.65. The van der Waals surface area contributed by atoms with Crippen LogP contribution in [0.1, 0.15) is 23.3 Å². The number of nitrogens with zero attached hydrogens (tertiary/aromatic N) is 4. The lowest BCUT2D eigenvalue weighted by atomic mass is 10.1. The van der Waals surface area contributed by atoms with Crippen LogP contribution >= 0.6 is 11.6 Å². The van der Waals surface area contributed by atoms with E-state index >= 15 is 0 Å². The molecule has 1 saturated heterocycles. The summed E-state index contributed by atoms with van der Waals surface area (Å²) in [7, 11) is 1.85. The van der Waals surface area contributed by atoms with Crippen LogP contribution in [0.25, 0.3) is 11.3 Å². The third kappa shape index (κ3) is 3.98. The number of benzene rings is 1. The summed E-state index contributed by atoms with van der Waals surface area (Å²) in [6.45, 7) is 1.30. The van der Waals surface area contributed by atoms with Crippen LogP contribution in [0.3, 0.4) is 0 Å². The Morgan fingerprint density at radius 3 is 2.67 bits per heavy atom. The van der Waals surface area contributed by atoms with Gasteiger partial charge in [0.2, 0.25) is 0 Å². The van der Waals surface area contributed by atoms with E-state index in [4.69, 9.17) is 16.3 Å². The van der Waals surface area contributed by atoms with Crippen molar-refractivity contribution in [2.75, 3.05) is 13.1 Å². The largest absolute Gasteiger partial charge is 0.490 e. The van der Waals surface area contributed by atoms with E-state index in [0.717, 1.165) is 24.2 Å². The number of aromatic amines is 1. The van der Waals surface area contributed by atoms with Crippen molar-refractivity contribution in [1.82, 2.24) is 24.9 Å². The summed E-state index contributed by atoms with van der Waals surface area (Å²) in [6, 6.07) is 9.13. The van der Waals surface area contributed by atoms with Gasteiger partial charge >= 0.3 is 0 Å². The van der Waals surface area contributed by atoms with E-state index in [1.165, 1.54) is 0 Å². The van der Waals surface area contributed by atoms with Crippen molar-refractivity contribution in [3.05, 3.63) is 53.4 Å². The van der Waals surface area contributed by atoms with Gasteiger partial charge in [0.05, 0.1) is 11.9 Å². The number of H-pyrrole nitrogens is 1. The summed E-state index contributed by atoms with van der Waals surface area (Å²) in [6.07, 6.45) is 5.27. The quantitative estimate of drug-likeness (QED) is 0.748. The van der Waals surface area contributed by atoms with Crippen molar-refractivity contribution in [1.29, 1.82) is 0 Å². The molecule has 1 fully saturated rings. The van der Waals surface area contributed by atoms with Crippen molar-refractivity contribution in [3.8, 4) is 17.0 Å². The zero-order chi connectivity index (χ0) is 18.8. The van der Waals surface area contributed by atoms with Crippen LogP contribution in [-0.2, 0) is 7.05 Å². The van der Waals surface area contributed by atoms with Crippen molar-refractivity contribution in [2.24, 2.45) is 7.05 Å². The number of aryl methyl sites for hydroxylation is 1. The Kier molecular flexibility index (Phi) is 4.85. The highest BCUT2D eigenvalue weighted by Gasteiger charge is 2.26. The molecule has 27 heavy (non-hydrogen) atoms. The first-order valence-electron chi connectivity index (χ1n) is 8.84. The van der Waals surface area contributed by atoms with E-state index in [0.29, 0.717) is 29.5 Å². The number of piperidine rings is 1. The van der Waals surface area contributed by atoms with Gasteiger partial charge < -0.3 is 9.64 Å². The van der Waals surface area contributed by atoms with Crippen molar-refractivity contribution in [3.63, 3.8) is 0 Å². The number of amides is 1. The Morgan fingerprint density at radius 1 is 1.26 bits per heavy atom. The molecule has 8 heteroatoms. The van der Waals surface area contributed by atoms with Crippen molar-refractivity contribution >= 4 is 17.5 Å². The minimum absolute atomic E-state index is 0.0393. The van der Waals surface area contributed by atoms with Crippen LogP contribution in [0.2, 0.25) is 5.02 Å². The van der Waals surface area contributed by atoms with Crippen molar-refractivity contribution < 1.29 is 9.53 Å². The number of carbonyl (C=O) groups excluding carboxylic acids is 1. The van der Waals surface area contributed by atoms with E-state index in [9.17, 15) is 4.79 Å². The number of rotatable bonds is 4. The summed E-state index contributed by atoms with van der Waals surface area (Å²) in [5.74, 6) is 0.765. The van der Waals surface area contributed by atoms with Crippen LogP contribution in [0.5, 0.6) is 5.75 Å². The monoisotopic (exact) mass is 385 g/mol. The molecule has 2 aromatic heterocycles. The first kappa shape index (κ1) is 17.6. The number of halogens is 1. The molecular formula is C19H20ClN5O2. The molecule has 0 radical (unpaired) electrons. The summed E-state index contributed by atoms with van der Waals surface area (Å²) >= 11 is 5.90. The van der Waals surface area contributed by atoms with Gasteiger partial charge in [0.1, 0.15) is 17.5 Å². The lowest BCUT2D eigenvalue weighted by Gasteiger charge is -2.31. The van der Waals surface area contributed by atoms with E-state index in [-0.39, 0.29) is 12.0 Å². The summed E-state index contributed by atoms with van der Waals surface area (Å²) in [5, 5.41) is 11.9. The normalized spacial score (nSPS) is 15.1. The summed E-state index contributed by atoms with van der Waals surface area (Å²) in [5.41, 5.74) is 2.08. The predicted octanol–water partition coefficient (Wildman–Crippen LogP) is 3.15. The van der Waals surface area contributed by atoms with Gasteiger partial charge in [0.25, 0.3) is 5.91 Å². The second kappa shape index (κ2) is 7.44. The standard InChI is InChI=1S/C19H20ClN5O2/c1-24-12-13(11-21-24)17-10-18(23-22-17)19(26)25-8-6-16(7-9-25)27-15-4-2-14(20)3-5-15/h2-5,10-12,16H,6-9H2,1H3,(H,22,23). The van der Waals surface area contributed by atoms with E-state index in [1.807, 2.05) is 42.4 Å². The first-order valence-corrected chi connectivity index (χ1v) is 9.22. The average molecular weight is 386 g/mol. The summed E-state index contributed by atoms with van der Waals surface area (Å²) < 4.78 is 7.69. The fraction of sp³-hybridized carbons (Fsp3) is 0.316. The Labute approximate surface area is 161 Å². The fourth-order valence-electron chi connectivity index (χ4n) is 3.19. The molecule has 3 aromatic rings. The topological polar surface area (TPSA) is 76.0 Å². The van der Waals surface area contributed by atoms with Gasteiger partial charge in [-0.3, -0.25) is 14.6 Å². The van der Waals surface area contributed by atoms with Gasteiger partial charge in [-0.1, -0.05) is 11.6 Å². The number of hydrogen-bond donors (Lipinski definition) is 1. The minimum Gasteiger partial charge on any atom is -0.490 e. The Morgan fingerprint density at radius 2 is 2.00 bits per heavy atom. The van der Waals surface area contributed by atoms with Crippen LogP contribution in [0.15, 0.2) is 42.7 Å². The molecular weight excluding hydrogens is 366 g/mol. The van der Waals surface area contributed by atoms with Crippen molar-refractivity contribution in [2.45, 2.75) is 18.9 Å². The van der Waals surface area contributed by atoms with Gasteiger partial charge in [0.15, 0.2) is 0 Å². The van der Waals surface area contributed by atoms with Gasteiger partial charge in [-0.15, -0.1) is 0 Å². The lowest BCUT2D eigenvalue weighted by Crippen LogP contribution is -2.41. The number of nitrogens with one attached hydrogen (secondary N) is 1. The molecule has 1 aliphatic heterocycles. The SMILES string of the molecule is Cn1cc(-c2cc(C(=O)N3CCC(Oc4ccc(Cl)cc4)CC3)[nH]n2)cn1. The number of likely N-dealkylation sites (tertiary alicyclic amines) is 1. The lowest BCUT2D eigenvalue weighted by molar-refractivity contribution is 0.0590. The second-order valence-electron chi connectivity index (χ2n) is 6.63. The molecule has 1 aliphatic rings. The molecule has 140 valence electrons. The van der Waals surface area contributed by atoms with Gasteiger partial charge in [-0.25, -0.2) is 0 Å². The van der Waals surface area contributed by atoms with Crippen LogP contribution in [-0.4, -0.2) is 50.0 Å². The zero-order valence-electron chi connectivity index (χ0n) is 14.9. The van der Waals surface area contributed by atoms with E-state index < -0.39 is 0 Å². The maximum Gasteiger partial charge on any atom is 0.271 e. The highest BCUT2D eigenvalue weighted by Crippen LogP contribution is 2.22. The molecule has 4 rings (SSSR count). The number of ether oxygens (including phenoxy) is 1. The maximum absolute atomic E-state index is 12.7. The van der Waals surface area contributed by atoms with E-state index in [1.54, 1.807) is 16.9 Å². The molecule has 0 atom stereocenters. The number of hydrogen-bond acceptors (Lipinski definition) is 4. The molecule has 0 saturated carbocycles. The van der Waals surface area contributed by atoms with Crippen LogP contribution in [0.4, 0.5) is 0 Å². The summed E-state index contributed by atoms with van der Waals surface area (Å²) in [4.78, 5) is 14.6. The maximum atomic E-state index is 12.7. The highest BCUT2D eigenvalue weighted by atomic mass is 35.5. The van der Waals surface area contributed by atoms with Gasteiger partial charge in [-0.05, 0) is 30.3 Å². The molecule has 0 bridgehead atoms. The van der Waals surface area contributed by atoms with Gasteiger partial charge in [-0.2, -0.15) is 10.2 Å². The smallest absolute Gasteiger partial charge is 0.271 e. The highest BCUT2D eigenvalue weighted by molar-refractivity contribution is 6.30. The number of aromatic nitrogens is 4.